The molecular formula is C9H15ClO. The highest BCUT2D eigenvalue weighted by Crippen LogP contribution is 2.21. The van der Waals surface area contributed by atoms with E-state index in [0.717, 1.165) is 25.5 Å². The van der Waals surface area contributed by atoms with Crippen molar-refractivity contribution >= 4 is 11.6 Å². The van der Waals surface area contributed by atoms with Crippen LogP contribution in [0.4, 0.5) is 0 Å². The molecule has 0 saturated carbocycles. The van der Waals surface area contributed by atoms with Gasteiger partial charge in [0.15, 0.2) is 0 Å². The van der Waals surface area contributed by atoms with Crippen LogP contribution in [-0.4, -0.2) is 19.1 Å². The molecule has 64 valence electrons. The Morgan fingerprint density at radius 2 is 2.55 bits per heavy atom. The Bertz CT molecular complexity index is 136. The van der Waals surface area contributed by atoms with Crippen molar-refractivity contribution < 1.29 is 4.74 Å². The summed E-state index contributed by atoms with van der Waals surface area (Å²) < 4.78 is 5.28. The normalized spacial score (nSPS) is 26.0. The highest BCUT2D eigenvalue weighted by Gasteiger charge is 2.16. The van der Waals surface area contributed by atoms with E-state index in [1.54, 1.807) is 0 Å². The molecule has 1 unspecified atom stereocenters. The molecule has 0 aromatic heterocycles. The molecule has 2 heteroatoms. The third-order valence-electron chi connectivity index (χ3n) is 2.15. The second kappa shape index (κ2) is 4.78. The maximum atomic E-state index is 5.58. The molecule has 0 amide bonds. The quantitative estimate of drug-likeness (QED) is 0.472. The zero-order valence-electron chi connectivity index (χ0n) is 6.98. The lowest BCUT2D eigenvalue weighted by Gasteiger charge is -2.06. The average molecular weight is 175 g/mol. The summed E-state index contributed by atoms with van der Waals surface area (Å²) >= 11 is 5.58. The number of rotatable bonds is 3. The van der Waals surface area contributed by atoms with E-state index in [9.17, 15) is 0 Å². The van der Waals surface area contributed by atoms with Gasteiger partial charge in [-0.3, -0.25) is 0 Å². The van der Waals surface area contributed by atoms with Gasteiger partial charge in [-0.05, 0) is 19.8 Å². The van der Waals surface area contributed by atoms with Crippen molar-refractivity contribution in [2.24, 2.45) is 5.92 Å². The van der Waals surface area contributed by atoms with Gasteiger partial charge in [0.2, 0.25) is 0 Å². The van der Waals surface area contributed by atoms with Gasteiger partial charge in [0, 0.05) is 18.4 Å². The van der Waals surface area contributed by atoms with Gasteiger partial charge in [-0.25, -0.2) is 0 Å². The molecule has 0 radical (unpaired) electrons. The molecule has 1 nitrogen and oxygen atoms in total. The fourth-order valence-electron chi connectivity index (χ4n) is 1.34. The molecule has 0 N–H and O–H groups in total. The lowest BCUT2D eigenvalue weighted by atomic mass is 9.99. The summed E-state index contributed by atoms with van der Waals surface area (Å²) in [5, 5.41) is 0. The summed E-state index contributed by atoms with van der Waals surface area (Å²) in [5.74, 6) is 1.39. The van der Waals surface area contributed by atoms with E-state index in [2.05, 4.69) is 13.0 Å². The summed E-state index contributed by atoms with van der Waals surface area (Å²) in [5.41, 5.74) is 1.45. The van der Waals surface area contributed by atoms with Crippen molar-refractivity contribution in [3.05, 3.63) is 11.6 Å². The SMILES string of the molecule is CC(=CCCCl)C1CCOC1. The molecule has 1 saturated heterocycles. The minimum Gasteiger partial charge on any atom is -0.381 e. The third kappa shape index (κ3) is 2.84. The van der Waals surface area contributed by atoms with Crippen LogP contribution in [-0.2, 0) is 4.74 Å². The number of hydrogen-bond donors (Lipinski definition) is 0. The van der Waals surface area contributed by atoms with Crippen molar-refractivity contribution in [2.75, 3.05) is 19.1 Å². The van der Waals surface area contributed by atoms with Crippen molar-refractivity contribution in [3.63, 3.8) is 0 Å². The molecule has 0 spiro atoms. The second-order valence-electron chi connectivity index (χ2n) is 2.99. The average Bonchev–Trinajstić information content (AvgIpc) is 2.52. The summed E-state index contributed by atoms with van der Waals surface area (Å²) in [6, 6.07) is 0. The zero-order valence-corrected chi connectivity index (χ0v) is 7.73. The van der Waals surface area contributed by atoms with E-state index in [0.29, 0.717) is 5.92 Å². The standard InChI is InChI=1S/C9H15ClO/c1-8(3-2-5-10)9-4-6-11-7-9/h3,9H,2,4-7H2,1H3. The van der Waals surface area contributed by atoms with E-state index < -0.39 is 0 Å². The number of alkyl halides is 1. The van der Waals surface area contributed by atoms with Crippen LogP contribution in [0.1, 0.15) is 19.8 Å². The molecule has 1 rings (SSSR count). The molecule has 11 heavy (non-hydrogen) atoms. The van der Waals surface area contributed by atoms with Crippen molar-refractivity contribution in [2.45, 2.75) is 19.8 Å². The van der Waals surface area contributed by atoms with Gasteiger partial charge < -0.3 is 4.74 Å². The first-order valence-corrected chi connectivity index (χ1v) is 4.68. The molecule has 1 atom stereocenters. The number of allylic oxidation sites excluding steroid dienone is 1. The Hall–Kier alpha value is -0.0100. The van der Waals surface area contributed by atoms with Crippen LogP contribution in [0.2, 0.25) is 0 Å². The highest BCUT2D eigenvalue weighted by atomic mass is 35.5. The molecule has 0 bridgehead atoms. The number of ether oxygens (including phenoxy) is 1. The minimum atomic E-state index is 0.665. The Morgan fingerprint density at radius 3 is 3.09 bits per heavy atom. The van der Waals surface area contributed by atoms with Crippen LogP contribution in [0.25, 0.3) is 0 Å². The first-order valence-electron chi connectivity index (χ1n) is 4.15. The monoisotopic (exact) mass is 174 g/mol. The van der Waals surface area contributed by atoms with Crippen LogP contribution in [0, 0.1) is 5.92 Å². The summed E-state index contributed by atoms with van der Waals surface area (Å²) in [4.78, 5) is 0. The van der Waals surface area contributed by atoms with Crippen LogP contribution in [0.3, 0.4) is 0 Å². The van der Waals surface area contributed by atoms with E-state index in [4.69, 9.17) is 16.3 Å². The van der Waals surface area contributed by atoms with E-state index >= 15 is 0 Å². The lowest BCUT2D eigenvalue weighted by Crippen LogP contribution is -2.00. The maximum absolute atomic E-state index is 5.58. The maximum Gasteiger partial charge on any atom is 0.0532 e. The first kappa shape index (κ1) is 9.08. The lowest BCUT2D eigenvalue weighted by molar-refractivity contribution is 0.190. The summed E-state index contributed by atoms with van der Waals surface area (Å²) in [6.07, 6.45) is 4.40. The van der Waals surface area contributed by atoms with Gasteiger partial charge in [-0.1, -0.05) is 11.6 Å². The number of halogens is 1. The van der Waals surface area contributed by atoms with Crippen LogP contribution in [0.5, 0.6) is 0 Å². The van der Waals surface area contributed by atoms with Crippen LogP contribution >= 0.6 is 11.6 Å². The second-order valence-corrected chi connectivity index (χ2v) is 3.36. The smallest absolute Gasteiger partial charge is 0.0532 e. The summed E-state index contributed by atoms with van der Waals surface area (Å²) in [7, 11) is 0. The molecule has 0 aromatic carbocycles. The Balaban J connectivity index is 2.32. The van der Waals surface area contributed by atoms with E-state index in [-0.39, 0.29) is 0 Å². The van der Waals surface area contributed by atoms with Gasteiger partial charge in [-0.15, -0.1) is 11.6 Å². The van der Waals surface area contributed by atoms with Gasteiger partial charge in [0.25, 0.3) is 0 Å². The first-order chi connectivity index (χ1) is 5.34. The molecule has 1 heterocycles. The van der Waals surface area contributed by atoms with Crippen molar-refractivity contribution in [3.8, 4) is 0 Å². The molecule has 1 aliphatic heterocycles. The van der Waals surface area contributed by atoms with Gasteiger partial charge >= 0.3 is 0 Å². The van der Waals surface area contributed by atoms with Gasteiger partial charge in [0.1, 0.15) is 0 Å². The topological polar surface area (TPSA) is 9.23 Å². The molecule has 0 aliphatic carbocycles. The van der Waals surface area contributed by atoms with Crippen molar-refractivity contribution in [1.29, 1.82) is 0 Å². The Morgan fingerprint density at radius 1 is 1.73 bits per heavy atom. The predicted molar refractivity (Wildman–Crippen MR) is 48.0 cm³/mol. The Labute approximate surface area is 73.4 Å². The van der Waals surface area contributed by atoms with Crippen LogP contribution < -0.4 is 0 Å². The molecular weight excluding hydrogens is 160 g/mol. The minimum absolute atomic E-state index is 0.665. The number of hydrogen-bond acceptors (Lipinski definition) is 1. The largest absolute Gasteiger partial charge is 0.381 e. The fraction of sp³-hybridized carbons (Fsp3) is 0.778. The Kier molecular flexibility index (Phi) is 3.95. The van der Waals surface area contributed by atoms with Gasteiger partial charge in [-0.2, -0.15) is 0 Å². The highest BCUT2D eigenvalue weighted by molar-refractivity contribution is 6.17. The van der Waals surface area contributed by atoms with E-state index in [1.807, 2.05) is 0 Å². The third-order valence-corrected chi connectivity index (χ3v) is 2.37. The molecule has 1 aliphatic rings. The fourth-order valence-corrected chi connectivity index (χ4v) is 1.45. The molecule has 1 fully saturated rings. The van der Waals surface area contributed by atoms with Crippen molar-refractivity contribution in [1.82, 2.24) is 0 Å². The zero-order chi connectivity index (χ0) is 8.10. The van der Waals surface area contributed by atoms with Crippen LogP contribution in [0.15, 0.2) is 11.6 Å². The van der Waals surface area contributed by atoms with Gasteiger partial charge in [0.05, 0.1) is 6.61 Å². The predicted octanol–water partition coefficient (Wildman–Crippen LogP) is 2.60. The molecule has 0 aromatic rings. The summed E-state index contributed by atoms with van der Waals surface area (Å²) in [6.45, 7) is 4.01. The van der Waals surface area contributed by atoms with E-state index in [1.165, 1.54) is 12.0 Å².